The lowest BCUT2D eigenvalue weighted by Crippen LogP contribution is -2.17. The number of aromatic nitrogens is 2. The van der Waals surface area contributed by atoms with Gasteiger partial charge in [0.25, 0.3) is 5.91 Å². The molecule has 6 nitrogen and oxygen atoms in total. The van der Waals surface area contributed by atoms with Crippen LogP contribution in [0.15, 0.2) is 108 Å². The number of hydrogen-bond donors (Lipinski definition) is 1. The molecule has 0 aliphatic carbocycles. The smallest absolute Gasteiger partial charge is 0.271 e. The SMILES string of the molecule is CC(C)(C)c1ccc(OCc2ccc(C(=O)NN=Cc3cn(-c4ccccc4)nc3-c3cccs3)cc2)cc1. The normalized spacial score (nSPS) is 11.6. The minimum absolute atomic E-state index is 0.107. The zero-order chi connectivity index (χ0) is 27.2. The van der Waals surface area contributed by atoms with Gasteiger partial charge in [-0.1, -0.05) is 69.3 Å². The van der Waals surface area contributed by atoms with E-state index in [9.17, 15) is 4.79 Å². The van der Waals surface area contributed by atoms with E-state index in [2.05, 4.69) is 43.4 Å². The molecule has 196 valence electrons. The van der Waals surface area contributed by atoms with Gasteiger partial charge in [0.2, 0.25) is 0 Å². The minimum Gasteiger partial charge on any atom is -0.489 e. The Hall–Kier alpha value is -4.49. The van der Waals surface area contributed by atoms with E-state index in [1.807, 2.05) is 83.0 Å². The van der Waals surface area contributed by atoms with Crippen LogP contribution in [0, 0.1) is 0 Å². The molecule has 0 aliphatic rings. The molecule has 7 heteroatoms. The highest BCUT2D eigenvalue weighted by Gasteiger charge is 2.14. The quantitative estimate of drug-likeness (QED) is 0.169. The fraction of sp³-hybridized carbons (Fsp3) is 0.156. The third-order valence-corrected chi connectivity index (χ3v) is 7.11. The average Bonchev–Trinajstić information content (AvgIpc) is 3.63. The largest absolute Gasteiger partial charge is 0.489 e. The second-order valence-corrected chi connectivity index (χ2v) is 11.1. The van der Waals surface area contributed by atoms with E-state index < -0.39 is 0 Å². The van der Waals surface area contributed by atoms with Crippen LogP contribution in [0.5, 0.6) is 5.75 Å². The van der Waals surface area contributed by atoms with Gasteiger partial charge >= 0.3 is 0 Å². The van der Waals surface area contributed by atoms with E-state index in [4.69, 9.17) is 9.84 Å². The van der Waals surface area contributed by atoms with Gasteiger partial charge in [-0.3, -0.25) is 4.79 Å². The molecule has 0 fully saturated rings. The summed E-state index contributed by atoms with van der Waals surface area (Å²) in [5.74, 6) is 0.529. The predicted octanol–water partition coefficient (Wildman–Crippen LogP) is 7.24. The van der Waals surface area contributed by atoms with Gasteiger partial charge in [0.05, 0.1) is 16.8 Å². The van der Waals surface area contributed by atoms with Crippen LogP contribution in [0.1, 0.15) is 47.8 Å². The van der Waals surface area contributed by atoms with Crippen molar-refractivity contribution in [2.24, 2.45) is 5.10 Å². The number of nitrogens with zero attached hydrogens (tertiary/aromatic N) is 3. The monoisotopic (exact) mass is 534 g/mol. The first-order chi connectivity index (χ1) is 18.9. The minimum atomic E-state index is -0.287. The maximum Gasteiger partial charge on any atom is 0.271 e. The molecule has 1 N–H and O–H groups in total. The average molecular weight is 535 g/mol. The molecule has 39 heavy (non-hydrogen) atoms. The first-order valence-corrected chi connectivity index (χ1v) is 13.6. The molecule has 3 aromatic carbocycles. The van der Waals surface area contributed by atoms with Crippen molar-refractivity contribution in [3.63, 3.8) is 0 Å². The van der Waals surface area contributed by atoms with E-state index >= 15 is 0 Å². The van der Waals surface area contributed by atoms with Gasteiger partial charge in [-0.2, -0.15) is 10.2 Å². The summed E-state index contributed by atoms with van der Waals surface area (Å²) in [6.07, 6.45) is 3.54. The number of amides is 1. The molecule has 2 aromatic heterocycles. The summed E-state index contributed by atoms with van der Waals surface area (Å²) in [4.78, 5) is 13.7. The van der Waals surface area contributed by atoms with Crippen molar-refractivity contribution in [2.75, 3.05) is 0 Å². The summed E-state index contributed by atoms with van der Waals surface area (Å²) < 4.78 is 7.74. The Kier molecular flexibility index (Phi) is 7.70. The number of thiophene rings is 1. The molecule has 1 amide bonds. The van der Waals surface area contributed by atoms with E-state index in [0.717, 1.165) is 33.1 Å². The molecular formula is C32H30N4O2S. The molecule has 0 atom stereocenters. The number of hydrogen-bond acceptors (Lipinski definition) is 5. The molecule has 0 spiro atoms. The Labute approximate surface area is 232 Å². The van der Waals surface area contributed by atoms with Crippen LogP contribution in [0.3, 0.4) is 0 Å². The summed E-state index contributed by atoms with van der Waals surface area (Å²) in [6.45, 7) is 6.99. The third-order valence-electron chi connectivity index (χ3n) is 6.23. The number of ether oxygens (including phenoxy) is 1. The number of nitrogens with one attached hydrogen (secondary N) is 1. The number of carbonyl (C=O) groups excluding carboxylic acids is 1. The van der Waals surface area contributed by atoms with Crippen LogP contribution in [-0.4, -0.2) is 21.9 Å². The van der Waals surface area contributed by atoms with Crippen molar-refractivity contribution in [3.8, 4) is 22.0 Å². The molecule has 0 saturated carbocycles. The first-order valence-electron chi connectivity index (χ1n) is 12.7. The van der Waals surface area contributed by atoms with Crippen molar-refractivity contribution in [2.45, 2.75) is 32.8 Å². The van der Waals surface area contributed by atoms with Gasteiger partial charge in [-0.05, 0) is 64.4 Å². The van der Waals surface area contributed by atoms with Crippen molar-refractivity contribution in [3.05, 3.63) is 125 Å². The van der Waals surface area contributed by atoms with E-state index in [-0.39, 0.29) is 11.3 Å². The number of carbonyl (C=O) groups is 1. The molecule has 2 heterocycles. The summed E-state index contributed by atoms with van der Waals surface area (Å²) in [5.41, 5.74) is 8.06. The van der Waals surface area contributed by atoms with Crippen molar-refractivity contribution in [1.82, 2.24) is 15.2 Å². The van der Waals surface area contributed by atoms with E-state index in [1.54, 1.807) is 29.7 Å². The number of hydrazone groups is 1. The van der Waals surface area contributed by atoms with E-state index in [0.29, 0.717) is 12.2 Å². The second-order valence-electron chi connectivity index (χ2n) is 10.1. The molecular weight excluding hydrogens is 504 g/mol. The van der Waals surface area contributed by atoms with Crippen LogP contribution < -0.4 is 10.2 Å². The van der Waals surface area contributed by atoms with Crippen LogP contribution in [0.25, 0.3) is 16.3 Å². The van der Waals surface area contributed by atoms with Gasteiger partial charge < -0.3 is 4.74 Å². The standard InChI is InChI=1S/C32H30N4O2S/c1-32(2,3)26-15-17-28(18-16-26)38-22-23-11-13-24(14-12-23)31(37)34-33-20-25-21-36(27-8-5-4-6-9-27)35-30(25)29-10-7-19-39-29/h4-21H,22H2,1-3H3,(H,34,37). The summed E-state index contributed by atoms with van der Waals surface area (Å²) >= 11 is 1.61. The Morgan fingerprint density at radius 3 is 2.38 bits per heavy atom. The molecule has 0 unspecified atom stereocenters. The van der Waals surface area contributed by atoms with E-state index in [1.165, 1.54) is 5.56 Å². The lowest BCUT2D eigenvalue weighted by atomic mass is 9.87. The molecule has 0 bridgehead atoms. The Morgan fingerprint density at radius 1 is 0.974 bits per heavy atom. The highest BCUT2D eigenvalue weighted by molar-refractivity contribution is 7.13. The number of para-hydroxylation sites is 1. The Bertz CT molecular complexity index is 1550. The molecule has 0 radical (unpaired) electrons. The zero-order valence-corrected chi connectivity index (χ0v) is 23.0. The summed E-state index contributed by atoms with van der Waals surface area (Å²) in [5, 5.41) is 11.0. The zero-order valence-electron chi connectivity index (χ0n) is 22.2. The van der Waals surface area contributed by atoms with Crippen LogP contribution >= 0.6 is 11.3 Å². The van der Waals surface area contributed by atoms with Crippen molar-refractivity contribution < 1.29 is 9.53 Å². The van der Waals surface area contributed by atoms with Crippen molar-refractivity contribution >= 4 is 23.5 Å². The lowest BCUT2D eigenvalue weighted by molar-refractivity contribution is 0.0955. The maximum atomic E-state index is 12.7. The second kappa shape index (κ2) is 11.5. The van der Waals surface area contributed by atoms with Gasteiger partial charge in [0.15, 0.2) is 0 Å². The molecule has 5 aromatic rings. The van der Waals surface area contributed by atoms with Crippen LogP contribution in [0.2, 0.25) is 0 Å². The fourth-order valence-electron chi connectivity index (χ4n) is 3.99. The van der Waals surface area contributed by atoms with Gasteiger partial charge in [-0.15, -0.1) is 11.3 Å². The molecule has 0 saturated heterocycles. The molecule has 0 aliphatic heterocycles. The first kappa shape index (κ1) is 26.1. The number of rotatable bonds is 8. The summed E-state index contributed by atoms with van der Waals surface area (Å²) in [7, 11) is 0. The highest BCUT2D eigenvalue weighted by Crippen LogP contribution is 2.27. The topological polar surface area (TPSA) is 68.5 Å². The van der Waals surface area contributed by atoms with Crippen LogP contribution in [-0.2, 0) is 12.0 Å². The summed E-state index contributed by atoms with van der Waals surface area (Å²) in [6, 6.07) is 29.4. The maximum absolute atomic E-state index is 12.7. The Morgan fingerprint density at radius 2 is 1.72 bits per heavy atom. The van der Waals surface area contributed by atoms with Gasteiger partial charge in [-0.25, -0.2) is 10.1 Å². The van der Waals surface area contributed by atoms with Gasteiger partial charge in [0.1, 0.15) is 18.1 Å². The lowest BCUT2D eigenvalue weighted by Gasteiger charge is -2.19. The van der Waals surface area contributed by atoms with Crippen molar-refractivity contribution in [1.29, 1.82) is 0 Å². The fourth-order valence-corrected chi connectivity index (χ4v) is 4.73. The predicted molar refractivity (Wildman–Crippen MR) is 158 cm³/mol. The Balaban J connectivity index is 1.21. The molecule has 5 rings (SSSR count). The van der Waals surface area contributed by atoms with Crippen LogP contribution in [0.4, 0.5) is 0 Å². The highest BCUT2D eigenvalue weighted by atomic mass is 32.1. The third kappa shape index (κ3) is 6.51. The number of benzene rings is 3. The van der Waals surface area contributed by atoms with Gasteiger partial charge in [0, 0.05) is 17.3 Å².